The van der Waals surface area contributed by atoms with Gasteiger partial charge in [0.1, 0.15) is 5.65 Å². The van der Waals surface area contributed by atoms with Crippen molar-refractivity contribution in [3.05, 3.63) is 40.3 Å². The average Bonchev–Trinajstić information content (AvgIpc) is 2.38. The number of amides is 1. The smallest absolute Gasteiger partial charge is 0.274 e. The van der Waals surface area contributed by atoms with Crippen molar-refractivity contribution in [1.29, 1.82) is 0 Å². The zero-order valence-corrected chi connectivity index (χ0v) is 11.2. The van der Waals surface area contributed by atoms with Crippen molar-refractivity contribution in [1.82, 2.24) is 14.7 Å². The third-order valence-corrected chi connectivity index (χ3v) is 2.74. The summed E-state index contributed by atoms with van der Waals surface area (Å²) in [4.78, 5) is 28.1. The van der Waals surface area contributed by atoms with Crippen molar-refractivity contribution in [3.8, 4) is 5.88 Å². The molecule has 0 radical (unpaired) electrons. The van der Waals surface area contributed by atoms with Crippen molar-refractivity contribution in [3.63, 3.8) is 0 Å². The highest BCUT2D eigenvalue weighted by molar-refractivity contribution is 5.96. The molecule has 2 aromatic rings. The minimum atomic E-state index is -0.678. The number of hydrogen-bond acceptors (Lipinski definition) is 5. The van der Waals surface area contributed by atoms with Gasteiger partial charge in [-0.15, -0.1) is 0 Å². The molecule has 0 bridgehead atoms. The van der Waals surface area contributed by atoms with Crippen LogP contribution in [0.15, 0.2) is 29.2 Å². The second kappa shape index (κ2) is 5.70. The van der Waals surface area contributed by atoms with Crippen LogP contribution in [0.3, 0.4) is 0 Å². The first-order valence-electron chi connectivity index (χ1n) is 6.04. The highest BCUT2D eigenvalue weighted by Gasteiger charge is 2.20. The Balaban J connectivity index is 2.44. The van der Waals surface area contributed by atoms with E-state index in [1.807, 2.05) is 0 Å². The Morgan fingerprint density at radius 3 is 3.00 bits per heavy atom. The molecule has 2 aromatic heterocycles. The Morgan fingerprint density at radius 1 is 1.55 bits per heavy atom. The van der Waals surface area contributed by atoms with Crippen LogP contribution in [0.1, 0.15) is 17.3 Å². The van der Waals surface area contributed by atoms with E-state index < -0.39 is 17.3 Å². The summed E-state index contributed by atoms with van der Waals surface area (Å²) < 4.78 is 6.10. The standard InChI is InChI=1S/C13H15N3O4/c1-8(7-20-2)14-11(17)10-12(18)15-9-5-3-4-6-16(9)13(10)19/h3-6,8,18H,7H2,1-2H3,(H,14,17)/t8-/m0/s1. The van der Waals surface area contributed by atoms with Crippen LogP contribution < -0.4 is 10.9 Å². The molecule has 0 aliphatic heterocycles. The predicted molar refractivity (Wildman–Crippen MR) is 71.9 cm³/mol. The molecular weight excluding hydrogens is 262 g/mol. The fourth-order valence-corrected chi connectivity index (χ4v) is 1.86. The topological polar surface area (TPSA) is 92.9 Å². The van der Waals surface area contributed by atoms with Crippen LogP contribution in [0.2, 0.25) is 0 Å². The van der Waals surface area contributed by atoms with Gasteiger partial charge in [-0.1, -0.05) is 6.07 Å². The van der Waals surface area contributed by atoms with Gasteiger partial charge in [0.15, 0.2) is 5.56 Å². The summed E-state index contributed by atoms with van der Waals surface area (Å²) in [5.74, 6) is -1.26. The number of nitrogens with zero attached hydrogens (tertiary/aromatic N) is 2. The second-order valence-corrected chi connectivity index (χ2v) is 4.37. The van der Waals surface area contributed by atoms with Gasteiger partial charge in [-0.25, -0.2) is 0 Å². The van der Waals surface area contributed by atoms with E-state index in [0.717, 1.165) is 0 Å². The summed E-state index contributed by atoms with van der Waals surface area (Å²) in [7, 11) is 1.51. The van der Waals surface area contributed by atoms with E-state index in [4.69, 9.17) is 4.74 Å². The van der Waals surface area contributed by atoms with Crippen LogP contribution in [0, 0.1) is 0 Å². The summed E-state index contributed by atoms with van der Waals surface area (Å²) in [5, 5.41) is 12.4. The molecule has 7 heteroatoms. The fourth-order valence-electron chi connectivity index (χ4n) is 1.86. The Morgan fingerprint density at radius 2 is 2.30 bits per heavy atom. The van der Waals surface area contributed by atoms with Gasteiger partial charge >= 0.3 is 0 Å². The van der Waals surface area contributed by atoms with E-state index in [1.54, 1.807) is 25.1 Å². The number of fused-ring (bicyclic) bond motifs is 1. The van der Waals surface area contributed by atoms with E-state index >= 15 is 0 Å². The minimum absolute atomic E-state index is 0.275. The summed E-state index contributed by atoms with van der Waals surface area (Å²) in [6.45, 7) is 2.03. The number of ether oxygens (including phenoxy) is 1. The largest absolute Gasteiger partial charge is 0.493 e. The minimum Gasteiger partial charge on any atom is -0.493 e. The Labute approximate surface area is 114 Å². The molecule has 0 unspecified atom stereocenters. The van der Waals surface area contributed by atoms with Crippen LogP contribution in [0.25, 0.3) is 5.65 Å². The molecule has 7 nitrogen and oxygen atoms in total. The maximum Gasteiger partial charge on any atom is 0.274 e. The molecule has 0 aliphatic carbocycles. The number of hydrogen-bond donors (Lipinski definition) is 2. The molecule has 20 heavy (non-hydrogen) atoms. The lowest BCUT2D eigenvalue weighted by Crippen LogP contribution is -2.39. The molecule has 106 valence electrons. The lowest BCUT2D eigenvalue weighted by atomic mass is 10.2. The van der Waals surface area contributed by atoms with Crippen LogP contribution >= 0.6 is 0 Å². The van der Waals surface area contributed by atoms with Gasteiger partial charge in [-0.05, 0) is 19.1 Å². The maximum absolute atomic E-state index is 12.2. The van der Waals surface area contributed by atoms with Crippen molar-refractivity contribution in [2.24, 2.45) is 0 Å². The predicted octanol–water partition coefficient (Wildman–Crippen LogP) is 0.165. The Hall–Kier alpha value is -2.41. The molecule has 0 aromatic carbocycles. The zero-order chi connectivity index (χ0) is 14.7. The van der Waals surface area contributed by atoms with E-state index in [1.165, 1.54) is 17.7 Å². The van der Waals surface area contributed by atoms with Gasteiger partial charge in [-0.3, -0.25) is 14.0 Å². The van der Waals surface area contributed by atoms with E-state index in [2.05, 4.69) is 10.3 Å². The number of carbonyl (C=O) groups is 1. The highest BCUT2D eigenvalue weighted by Crippen LogP contribution is 2.11. The first kappa shape index (κ1) is 14.0. The van der Waals surface area contributed by atoms with Crippen molar-refractivity contribution in [2.45, 2.75) is 13.0 Å². The molecule has 2 N–H and O–H groups in total. The molecule has 0 saturated carbocycles. The summed E-state index contributed by atoms with van der Waals surface area (Å²) in [6, 6.07) is 4.60. The summed E-state index contributed by atoms with van der Waals surface area (Å²) in [6.07, 6.45) is 1.49. The number of nitrogens with one attached hydrogen (secondary N) is 1. The first-order chi connectivity index (χ1) is 9.54. The molecule has 1 amide bonds. The SMILES string of the molecule is COC[C@H](C)NC(=O)c1c(O)nc2ccccn2c1=O. The van der Waals surface area contributed by atoms with Crippen LogP contribution in [-0.4, -0.2) is 40.2 Å². The number of rotatable bonds is 4. The lowest BCUT2D eigenvalue weighted by Gasteiger charge is -2.13. The van der Waals surface area contributed by atoms with Gasteiger partial charge < -0.3 is 15.2 Å². The van der Waals surface area contributed by atoms with Gasteiger partial charge in [0.2, 0.25) is 5.88 Å². The van der Waals surface area contributed by atoms with E-state index in [0.29, 0.717) is 6.61 Å². The first-order valence-corrected chi connectivity index (χ1v) is 6.04. The highest BCUT2D eigenvalue weighted by atomic mass is 16.5. The van der Waals surface area contributed by atoms with Crippen LogP contribution in [-0.2, 0) is 4.74 Å². The molecule has 1 atom stereocenters. The molecule has 0 spiro atoms. The van der Waals surface area contributed by atoms with Gasteiger partial charge in [0, 0.05) is 19.3 Å². The Kier molecular flexibility index (Phi) is 3.99. The van der Waals surface area contributed by atoms with Crippen molar-refractivity contribution in [2.75, 3.05) is 13.7 Å². The molecule has 0 aliphatic rings. The lowest BCUT2D eigenvalue weighted by molar-refractivity contribution is 0.0900. The van der Waals surface area contributed by atoms with Crippen LogP contribution in [0.4, 0.5) is 0 Å². The maximum atomic E-state index is 12.2. The van der Waals surface area contributed by atoms with E-state index in [-0.39, 0.29) is 17.3 Å². The summed E-state index contributed by atoms with van der Waals surface area (Å²) in [5.41, 5.74) is -0.719. The Bertz CT molecular complexity index is 696. The van der Waals surface area contributed by atoms with Gasteiger partial charge in [-0.2, -0.15) is 4.98 Å². The third-order valence-electron chi connectivity index (χ3n) is 2.74. The number of methoxy groups -OCH3 is 1. The molecule has 0 saturated heterocycles. The quantitative estimate of drug-likeness (QED) is 0.830. The second-order valence-electron chi connectivity index (χ2n) is 4.37. The molecule has 2 rings (SSSR count). The van der Waals surface area contributed by atoms with Gasteiger partial charge in [0.05, 0.1) is 6.61 Å². The normalized spacial score (nSPS) is 12.3. The molecule has 2 heterocycles. The number of aromatic nitrogens is 2. The number of aromatic hydroxyl groups is 1. The third kappa shape index (κ3) is 2.62. The summed E-state index contributed by atoms with van der Waals surface area (Å²) >= 11 is 0. The number of pyridine rings is 1. The number of carbonyl (C=O) groups excluding carboxylic acids is 1. The van der Waals surface area contributed by atoms with Crippen LogP contribution in [0.5, 0.6) is 5.88 Å². The van der Waals surface area contributed by atoms with Gasteiger partial charge in [0.25, 0.3) is 11.5 Å². The molecule has 0 fully saturated rings. The zero-order valence-electron chi connectivity index (χ0n) is 11.2. The molecular formula is C13H15N3O4. The monoisotopic (exact) mass is 277 g/mol. The van der Waals surface area contributed by atoms with E-state index in [9.17, 15) is 14.7 Å². The van der Waals surface area contributed by atoms with Crippen molar-refractivity contribution < 1.29 is 14.6 Å². The average molecular weight is 277 g/mol. The van der Waals surface area contributed by atoms with Crippen molar-refractivity contribution >= 4 is 11.6 Å². The fraction of sp³-hybridized carbons (Fsp3) is 0.308.